The van der Waals surface area contributed by atoms with Gasteiger partial charge in [0.25, 0.3) is 5.91 Å². The van der Waals surface area contributed by atoms with Crippen molar-refractivity contribution in [2.24, 2.45) is 0 Å². The van der Waals surface area contributed by atoms with E-state index in [0.29, 0.717) is 6.04 Å². The van der Waals surface area contributed by atoms with Crippen molar-refractivity contribution in [3.05, 3.63) is 24.0 Å². The summed E-state index contributed by atoms with van der Waals surface area (Å²) in [6.07, 6.45) is 4.28. The van der Waals surface area contributed by atoms with Crippen molar-refractivity contribution in [1.29, 1.82) is 0 Å². The highest BCUT2D eigenvalue weighted by Gasteiger charge is 2.28. The number of hydrogen-bond donors (Lipinski definition) is 1. The van der Waals surface area contributed by atoms with Gasteiger partial charge in [0.1, 0.15) is 5.69 Å². The Balaban J connectivity index is 2.16. The molecule has 0 saturated heterocycles. The molecular formula is C12H18N2O2. The number of amides is 1. The Labute approximate surface area is 95.5 Å². The molecule has 1 saturated carbocycles. The monoisotopic (exact) mass is 222 g/mol. The molecule has 1 amide bonds. The van der Waals surface area contributed by atoms with E-state index in [-0.39, 0.29) is 18.6 Å². The fourth-order valence-electron chi connectivity index (χ4n) is 1.75. The van der Waals surface area contributed by atoms with E-state index in [1.807, 2.05) is 29.8 Å². The lowest BCUT2D eigenvalue weighted by Gasteiger charge is -2.23. The normalized spacial score (nSPS) is 17.2. The van der Waals surface area contributed by atoms with Gasteiger partial charge in [-0.3, -0.25) is 4.79 Å². The summed E-state index contributed by atoms with van der Waals surface area (Å²) in [7, 11) is 1.73. The number of likely N-dealkylation sites (N-methyl/N-ethyl adjacent to an activating group) is 1. The van der Waals surface area contributed by atoms with Crippen LogP contribution in [0.5, 0.6) is 0 Å². The zero-order chi connectivity index (χ0) is 11.7. The summed E-state index contributed by atoms with van der Waals surface area (Å²) in [5.74, 6) is -0.0153. The van der Waals surface area contributed by atoms with Crippen LogP contribution in [0.4, 0.5) is 0 Å². The number of nitrogens with zero attached hydrogens (tertiary/aromatic N) is 2. The van der Waals surface area contributed by atoms with Crippen LogP contribution >= 0.6 is 0 Å². The Kier molecular flexibility index (Phi) is 3.01. The minimum absolute atomic E-state index is 0.00756. The third-order valence-electron chi connectivity index (χ3n) is 3.18. The number of hydrogen-bond acceptors (Lipinski definition) is 2. The van der Waals surface area contributed by atoms with Crippen LogP contribution in [0.2, 0.25) is 0 Å². The molecule has 1 atom stereocenters. The van der Waals surface area contributed by atoms with E-state index < -0.39 is 0 Å². The molecular weight excluding hydrogens is 204 g/mol. The lowest BCUT2D eigenvalue weighted by atomic mass is 10.3. The molecule has 1 aliphatic carbocycles. The first-order valence-corrected chi connectivity index (χ1v) is 5.70. The van der Waals surface area contributed by atoms with Crippen molar-refractivity contribution in [3.8, 4) is 0 Å². The first-order chi connectivity index (χ1) is 7.65. The number of aliphatic hydroxyl groups is 1. The van der Waals surface area contributed by atoms with Crippen LogP contribution in [0.1, 0.15) is 36.3 Å². The zero-order valence-corrected chi connectivity index (χ0v) is 9.76. The van der Waals surface area contributed by atoms with Crippen molar-refractivity contribution in [2.45, 2.75) is 31.8 Å². The maximum atomic E-state index is 12.2. The predicted octanol–water partition coefficient (Wildman–Crippen LogP) is 1.28. The summed E-state index contributed by atoms with van der Waals surface area (Å²) in [5, 5.41) is 9.04. The molecule has 1 aliphatic rings. The van der Waals surface area contributed by atoms with E-state index in [4.69, 9.17) is 5.11 Å². The number of carbonyl (C=O) groups is 1. The van der Waals surface area contributed by atoms with E-state index in [1.165, 1.54) is 0 Å². The molecule has 16 heavy (non-hydrogen) atoms. The summed E-state index contributed by atoms with van der Waals surface area (Å²) in [6.45, 7) is 1.83. The number of carbonyl (C=O) groups excluding carboxylic acids is 1. The molecule has 2 rings (SSSR count). The topological polar surface area (TPSA) is 45.5 Å². The molecule has 4 nitrogen and oxygen atoms in total. The molecule has 0 bridgehead atoms. The minimum atomic E-state index is -0.143. The Morgan fingerprint density at radius 3 is 2.94 bits per heavy atom. The van der Waals surface area contributed by atoms with Gasteiger partial charge in [0.2, 0.25) is 0 Å². The highest BCUT2D eigenvalue weighted by molar-refractivity contribution is 5.92. The summed E-state index contributed by atoms with van der Waals surface area (Å²) in [5.41, 5.74) is 0.727. The highest BCUT2D eigenvalue weighted by atomic mass is 16.3. The second-order valence-corrected chi connectivity index (χ2v) is 4.48. The second kappa shape index (κ2) is 4.29. The molecule has 1 aromatic heterocycles. The minimum Gasteiger partial charge on any atom is -0.394 e. The maximum Gasteiger partial charge on any atom is 0.270 e. The molecule has 1 heterocycles. The zero-order valence-electron chi connectivity index (χ0n) is 9.76. The molecule has 0 aliphatic heterocycles. The molecule has 0 radical (unpaired) electrons. The maximum absolute atomic E-state index is 12.2. The van der Waals surface area contributed by atoms with Crippen LogP contribution in [0.25, 0.3) is 0 Å². The van der Waals surface area contributed by atoms with Gasteiger partial charge < -0.3 is 14.6 Å². The quantitative estimate of drug-likeness (QED) is 0.834. The first kappa shape index (κ1) is 11.2. The van der Waals surface area contributed by atoms with Crippen molar-refractivity contribution < 1.29 is 9.90 Å². The van der Waals surface area contributed by atoms with Crippen molar-refractivity contribution in [2.75, 3.05) is 13.7 Å². The van der Waals surface area contributed by atoms with E-state index in [0.717, 1.165) is 18.5 Å². The van der Waals surface area contributed by atoms with Gasteiger partial charge in [0.05, 0.1) is 12.6 Å². The number of aromatic nitrogens is 1. The fourth-order valence-corrected chi connectivity index (χ4v) is 1.75. The lowest BCUT2D eigenvalue weighted by Crippen LogP contribution is -2.38. The average Bonchev–Trinajstić information content (AvgIpc) is 3.04. The Morgan fingerprint density at radius 2 is 2.38 bits per heavy atom. The van der Waals surface area contributed by atoms with Gasteiger partial charge in [0.15, 0.2) is 0 Å². The molecule has 88 valence electrons. The van der Waals surface area contributed by atoms with Crippen LogP contribution in [-0.4, -0.2) is 40.2 Å². The van der Waals surface area contributed by atoms with Gasteiger partial charge in [-0.1, -0.05) is 0 Å². The van der Waals surface area contributed by atoms with E-state index >= 15 is 0 Å². The largest absolute Gasteiger partial charge is 0.394 e. The highest BCUT2D eigenvalue weighted by Crippen LogP contribution is 2.36. The second-order valence-electron chi connectivity index (χ2n) is 4.48. The molecule has 0 spiro atoms. The molecule has 1 aromatic rings. The van der Waals surface area contributed by atoms with Gasteiger partial charge in [-0.25, -0.2) is 0 Å². The predicted molar refractivity (Wildman–Crippen MR) is 61.3 cm³/mol. The van der Waals surface area contributed by atoms with E-state index in [2.05, 4.69) is 0 Å². The summed E-state index contributed by atoms with van der Waals surface area (Å²) in [4.78, 5) is 13.7. The Bertz CT molecular complexity index is 382. The third-order valence-corrected chi connectivity index (χ3v) is 3.18. The van der Waals surface area contributed by atoms with Gasteiger partial charge in [-0.2, -0.15) is 0 Å². The first-order valence-electron chi connectivity index (χ1n) is 5.70. The van der Waals surface area contributed by atoms with Gasteiger partial charge >= 0.3 is 0 Å². The van der Waals surface area contributed by atoms with E-state index in [1.54, 1.807) is 11.9 Å². The van der Waals surface area contributed by atoms with Crippen molar-refractivity contribution in [3.63, 3.8) is 0 Å². The molecule has 1 N–H and O–H groups in total. The lowest BCUT2D eigenvalue weighted by molar-refractivity contribution is 0.0671. The summed E-state index contributed by atoms with van der Waals surface area (Å²) < 4.78 is 2.04. The summed E-state index contributed by atoms with van der Waals surface area (Å²) >= 11 is 0. The van der Waals surface area contributed by atoms with Crippen LogP contribution < -0.4 is 0 Å². The molecule has 1 unspecified atom stereocenters. The average molecular weight is 222 g/mol. The van der Waals surface area contributed by atoms with Gasteiger partial charge in [0, 0.05) is 19.3 Å². The fraction of sp³-hybridized carbons (Fsp3) is 0.583. The van der Waals surface area contributed by atoms with Crippen molar-refractivity contribution >= 4 is 5.91 Å². The van der Waals surface area contributed by atoms with Crippen LogP contribution in [0.3, 0.4) is 0 Å². The molecule has 1 fully saturated rings. The Morgan fingerprint density at radius 1 is 1.69 bits per heavy atom. The van der Waals surface area contributed by atoms with Crippen molar-refractivity contribution in [1.82, 2.24) is 9.47 Å². The van der Waals surface area contributed by atoms with Gasteiger partial charge in [-0.15, -0.1) is 0 Å². The smallest absolute Gasteiger partial charge is 0.270 e. The SMILES string of the molecule is CC(CO)N(C)C(=O)c1cccn1C1CC1. The number of aliphatic hydroxyl groups excluding tert-OH is 1. The van der Waals surface area contributed by atoms with Crippen LogP contribution in [-0.2, 0) is 0 Å². The van der Waals surface area contributed by atoms with E-state index in [9.17, 15) is 4.79 Å². The molecule has 4 heteroatoms. The van der Waals surface area contributed by atoms with Gasteiger partial charge in [-0.05, 0) is 31.9 Å². The third kappa shape index (κ3) is 1.97. The standard InChI is InChI=1S/C12H18N2O2/c1-9(8-15)13(2)12(16)11-4-3-7-14(11)10-5-6-10/h3-4,7,9-10,15H,5-6,8H2,1-2H3. The van der Waals surface area contributed by atoms with Crippen LogP contribution in [0, 0.1) is 0 Å². The Hall–Kier alpha value is -1.29. The van der Waals surface area contributed by atoms with Crippen LogP contribution in [0.15, 0.2) is 18.3 Å². The summed E-state index contributed by atoms with van der Waals surface area (Å²) in [6, 6.07) is 4.12. The number of rotatable bonds is 4. The molecule has 0 aromatic carbocycles.